The molecule has 4 rings (SSSR count). The molecule has 2 aliphatic rings. The van der Waals surface area contributed by atoms with Crippen LogP contribution in [0.2, 0.25) is 0 Å². The van der Waals surface area contributed by atoms with Gasteiger partial charge in [-0.3, -0.25) is 19.5 Å². The first kappa shape index (κ1) is 23.0. The third-order valence-electron chi connectivity index (χ3n) is 6.48. The van der Waals surface area contributed by atoms with E-state index in [1.165, 1.54) is 0 Å². The van der Waals surface area contributed by atoms with Crippen molar-refractivity contribution in [3.8, 4) is 11.5 Å². The zero-order valence-electron chi connectivity index (χ0n) is 19.4. The summed E-state index contributed by atoms with van der Waals surface area (Å²) in [5.41, 5.74) is 2.11. The van der Waals surface area contributed by atoms with Crippen molar-refractivity contribution in [2.75, 3.05) is 53.5 Å². The number of benzene rings is 1. The van der Waals surface area contributed by atoms with Crippen molar-refractivity contribution < 1.29 is 19.1 Å². The first-order chi connectivity index (χ1) is 16.1. The molecule has 8 nitrogen and oxygen atoms in total. The Kier molecular flexibility index (Phi) is 7.44. The summed E-state index contributed by atoms with van der Waals surface area (Å²) in [7, 11) is 3.22. The molecule has 8 heteroatoms. The van der Waals surface area contributed by atoms with Gasteiger partial charge in [0, 0.05) is 58.4 Å². The zero-order chi connectivity index (χ0) is 23.2. The minimum Gasteiger partial charge on any atom is -0.493 e. The van der Waals surface area contributed by atoms with Crippen molar-refractivity contribution in [2.45, 2.75) is 19.4 Å². The molecule has 33 heavy (non-hydrogen) atoms. The molecule has 0 saturated carbocycles. The average molecular weight is 453 g/mol. The van der Waals surface area contributed by atoms with E-state index in [4.69, 9.17) is 9.47 Å². The first-order valence-electron chi connectivity index (χ1n) is 11.5. The Hall–Kier alpha value is -3.13. The molecule has 0 aliphatic carbocycles. The molecular formula is C25H32N4O4. The summed E-state index contributed by atoms with van der Waals surface area (Å²) in [6.07, 6.45) is 2.82. The van der Waals surface area contributed by atoms with Crippen LogP contribution in [0.3, 0.4) is 0 Å². The van der Waals surface area contributed by atoms with Gasteiger partial charge in [0.15, 0.2) is 11.5 Å². The van der Waals surface area contributed by atoms with E-state index in [1.807, 2.05) is 52.4 Å². The van der Waals surface area contributed by atoms with Crippen LogP contribution in [0.1, 0.15) is 17.7 Å². The number of hydrogen-bond acceptors (Lipinski definition) is 6. The van der Waals surface area contributed by atoms with Crippen LogP contribution in [0.4, 0.5) is 0 Å². The summed E-state index contributed by atoms with van der Waals surface area (Å²) >= 11 is 0. The third-order valence-corrected chi connectivity index (χ3v) is 6.48. The lowest BCUT2D eigenvalue weighted by Gasteiger charge is -2.35. The highest BCUT2D eigenvalue weighted by Gasteiger charge is 2.37. The summed E-state index contributed by atoms with van der Waals surface area (Å²) < 4.78 is 10.6. The Morgan fingerprint density at radius 1 is 1.06 bits per heavy atom. The Balaban J connectivity index is 1.25. The second-order valence-electron chi connectivity index (χ2n) is 8.60. The molecule has 2 fully saturated rings. The number of methoxy groups -OCH3 is 2. The Morgan fingerprint density at radius 2 is 1.85 bits per heavy atom. The quantitative estimate of drug-likeness (QED) is 0.609. The number of pyridine rings is 1. The molecule has 0 radical (unpaired) electrons. The van der Waals surface area contributed by atoms with E-state index < -0.39 is 0 Å². The van der Waals surface area contributed by atoms with Crippen molar-refractivity contribution in [3.63, 3.8) is 0 Å². The van der Waals surface area contributed by atoms with E-state index in [2.05, 4.69) is 9.88 Å². The van der Waals surface area contributed by atoms with Crippen molar-refractivity contribution in [3.05, 3.63) is 53.9 Å². The fourth-order valence-electron chi connectivity index (χ4n) is 4.56. The minimum absolute atomic E-state index is 0.0580. The lowest BCUT2D eigenvalue weighted by Crippen LogP contribution is -2.50. The normalized spacial score (nSPS) is 19.1. The van der Waals surface area contributed by atoms with E-state index >= 15 is 0 Å². The largest absolute Gasteiger partial charge is 0.493 e. The molecule has 1 aromatic heterocycles. The minimum atomic E-state index is -0.245. The van der Waals surface area contributed by atoms with Gasteiger partial charge in [0.05, 0.1) is 25.8 Å². The number of piperazine rings is 1. The molecule has 2 aromatic rings. The van der Waals surface area contributed by atoms with Gasteiger partial charge in [-0.1, -0.05) is 12.1 Å². The molecule has 2 aliphatic heterocycles. The fraction of sp³-hybridized carbons (Fsp3) is 0.480. The summed E-state index contributed by atoms with van der Waals surface area (Å²) in [4.78, 5) is 36.1. The Labute approximate surface area is 195 Å². The van der Waals surface area contributed by atoms with Gasteiger partial charge in [-0.15, -0.1) is 0 Å². The van der Waals surface area contributed by atoms with E-state index in [0.29, 0.717) is 50.5 Å². The van der Waals surface area contributed by atoms with Crippen molar-refractivity contribution in [2.24, 2.45) is 5.92 Å². The molecule has 0 bridgehead atoms. The van der Waals surface area contributed by atoms with Gasteiger partial charge in [0.1, 0.15) is 0 Å². The van der Waals surface area contributed by atoms with Crippen LogP contribution >= 0.6 is 0 Å². The molecule has 1 aromatic carbocycles. The van der Waals surface area contributed by atoms with Gasteiger partial charge in [-0.25, -0.2) is 0 Å². The number of carbonyl (C=O) groups excluding carboxylic acids is 2. The highest BCUT2D eigenvalue weighted by Crippen LogP contribution is 2.28. The third kappa shape index (κ3) is 5.63. The molecule has 0 spiro atoms. The molecule has 0 N–H and O–H groups in total. The Morgan fingerprint density at radius 3 is 2.55 bits per heavy atom. The highest BCUT2D eigenvalue weighted by molar-refractivity contribution is 5.89. The zero-order valence-corrected chi connectivity index (χ0v) is 19.4. The second-order valence-corrected chi connectivity index (χ2v) is 8.60. The van der Waals surface area contributed by atoms with Gasteiger partial charge >= 0.3 is 0 Å². The number of rotatable bonds is 8. The number of aromatic nitrogens is 1. The monoisotopic (exact) mass is 452 g/mol. The number of likely N-dealkylation sites (tertiary alicyclic amines) is 1. The van der Waals surface area contributed by atoms with Crippen LogP contribution in [-0.4, -0.2) is 85.0 Å². The van der Waals surface area contributed by atoms with Gasteiger partial charge in [-0.05, 0) is 36.2 Å². The van der Waals surface area contributed by atoms with Crippen molar-refractivity contribution in [1.29, 1.82) is 0 Å². The van der Waals surface area contributed by atoms with E-state index in [9.17, 15) is 9.59 Å². The van der Waals surface area contributed by atoms with Gasteiger partial charge in [0.2, 0.25) is 11.8 Å². The molecule has 176 valence electrons. The summed E-state index contributed by atoms with van der Waals surface area (Å²) in [6.45, 7) is 4.94. The van der Waals surface area contributed by atoms with Crippen LogP contribution in [-0.2, 0) is 22.6 Å². The summed E-state index contributed by atoms with van der Waals surface area (Å²) in [5.74, 6) is 1.28. The maximum absolute atomic E-state index is 13.1. The fourth-order valence-corrected chi connectivity index (χ4v) is 4.56. The predicted molar refractivity (Wildman–Crippen MR) is 124 cm³/mol. The summed E-state index contributed by atoms with van der Waals surface area (Å²) in [6, 6.07) is 11.7. The maximum Gasteiger partial charge on any atom is 0.228 e. The lowest BCUT2D eigenvalue weighted by molar-refractivity contribution is -0.137. The number of amides is 2. The van der Waals surface area contributed by atoms with Crippen LogP contribution in [0.15, 0.2) is 42.6 Å². The maximum atomic E-state index is 13.1. The van der Waals surface area contributed by atoms with Crippen LogP contribution < -0.4 is 9.47 Å². The topological polar surface area (TPSA) is 75.2 Å². The molecule has 3 heterocycles. The second kappa shape index (κ2) is 10.7. The number of carbonyl (C=O) groups is 2. The van der Waals surface area contributed by atoms with E-state index in [0.717, 1.165) is 30.9 Å². The predicted octanol–water partition coefficient (Wildman–Crippen LogP) is 1.83. The highest BCUT2D eigenvalue weighted by atomic mass is 16.5. The standard InChI is InChI=1S/C25H32N4O4/c1-32-22-7-6-19(15-23(22)33-2)8-10-29-17-20(16-24(29)30)25(31)28-13-11-27(12-14-28)18-21-5-3-4-9-26-21/h3-7,9,15,20H,8,10-14,16-18H2,1-2H3. The van der Waals surface area contributed by atoms with Gasteiger partial charge < -0.3 is 19.3 Å². The number of ether oxygens (including phenoxy) is 2. The molecule has 2 saturated heterocycles. The van der Waals surface area contributed by atoms with Gasteiger partial charge in [-0.2, -0.15) is 0 Å². The molecular weight excluding hydrogens is 420 g/mol. The van der Waals surface area contributed by atoms with Crippen molar-refractivity contribution >= 4 is 11.8 Å². The number of hydrogen-bond donors (Lipinski definition) is 0. The number of nitrogens with zero attached hydrogens (tertiary/aromatic N) is 4. The SMILES string of the molecule is COc1ccc(CCN2CC(C(=O)N3CCN(Cc4ccccn4)CC3)CC2=O)cc1OC. The first-order valence-corrected chi connectivity index (χ1v) is 11.5. The van der Waals surface area contributed by atoms with Crippen LogP contribution in [0, 0.1) is 5.92 Å². The van der Waals surface area contributed by atoms with E-state index in [1.54, 1.807) is 14.2 Å². The molecule has 1 unspecified atom stereocenters. The Bertz CT molecular complexity index is 960. The molecule has 1 atom stereocenters. The van der Waals surface area contributed by atoms with E-state index in [-0.39, 0.29) is 17.7 Å². The van der Waals surface area contributed by atoms with Crippen molar-refractivity contribution in [1.82, 2.24) is 19.7 Å². The lowest BCUT2D eigenvalue weighted by atomic mass is 10.1. The van der Waals surface area contributed by atoms with Gasteiger partial charge in [0.25, 0.3) is 0 Å². The summed E-state index contributed by atoms with van der Waals surface area (Å²) in [5, 5.41) is 0. The van der Waals surface area contributed by atoms with Crippen LogP contribution in [0.5, 0.6) is 11.5 Å². The smallest absolute Gasteiger partial charge is 0.228 e. The average Bonchev–Trinajstić information content (AvgIpc) is 3.23. The van der Waals surface area contributed by atoms with Crippen LogP contribution in [0.25, 0.3) is 0 Å². The molecule has 2 amide bonds.